The Hall–Kier alpha value is -3.56. The fraction of sp³-hybridized carbons (Fsp3) is 0.278. The first-order valence-corrected chi connectivity index (χ1v) is 8.74. The number of anilines is 2. The first-order valence-electron chi connectivity index (χ1n) is 8.74. The third-order valence-electron chi connectivity index (χ3n) is 4.55. The van der Waals surface area contributed by atoms with Crippen LogP contribution in [-0.4, -0.2) is 31.8 Å². The van der Waals surface area contributed by atoms with Crippen molar-refractivity contribution in [1.82, 2.24) is 19.7 Å². The summed E-state index contributed by atoms with van der Waals surface area (Å²) in [6.07, 6.45) is 4.80. The van der Waals surface area contributed by atoms with Crippen LogP contribution in [0.5, 0.6) is 5.75 Å². The molecule has 0 bridgehead atoms. The minimum absolute atomic E-state index is 0.106. The number of hydrogen-bond donors (Lipinski definition) is 1. The molecule has 0 spiro atoms. The van der Waals surface area contributed by atoms with Gasteiger partial charge in [-0.15, -0.1) is 0 Å². The zero-order valence-corrected chi connectivity index (χ0v) is 15.1. The molecule has 3 heterocycles. The summed E-state index contributed by atoms with van der Waals surface area (Å²) in [5, 5.41) is 18.5. The second-order valence-corrected chi connectivity index (χ2v) is 6.35. The van der Waals surface area contributed by atoms with Crippen molar-refractivity contribution in [2.75, 3.05) is 12.4 Å². The Balaban J connectivity index is 1.66. The maximum Gasteiger partial charge on any atom is 0.307 e. The van der Waals surface area contributed by atoms with E-state index in [2.05, 4.69) is 20.4 Å². The lowest BCUT2D eigenvalue weighted by molar-refractivity contribution is -0.387. The normalized spacial score (nSPS) is 13.1. The Morgan fingerprint density at radius 1 is 1.29 bits per heavy atom. The van der Waals surface area contributed by atoms with Crippen molar-refractivity contribution in [3.8, 4) is 17.1 Å². The van der Waals surface area contributed by atoms with E-state index in [1.165, 1.54) is 12.8 Å². The van der Waals surface area contributed by atoms with E-state index in [-0.39, 0.29) is 17.4 Å². The predicted octanol–water partition coefficient (Wildman–Crippen LogP) is 3.48. The Morgan fingerprint density at radius 3 is 2.89 bits per heavy atom. The van der Waals surface area contributed by atoms with Crippen molar-refractivity contribution in [1.29, 1.82) is 0 Å². The number of nitrogens with one attached hydrogen (secondary N) is 1. The van der Waals surface area contributed by atoms with Crippen molar-refractivity contribution in [2.24, 2.45) is 0 Å². The monoisotopic (exact) mass is 384 g/mol. The minimum Gasteiger partial charge on any atom is -0.494 e. The van der Waals surface area contributed by atoms with Gasteiger partial charge in [0.2, 0.25) is 11.8 Å². The number of aromatic nitrogens is 4. The zero-order chi connectivity index (χ0) is 19.7. The van der Waals surface area contributed by atoms with Gasteiger partial charge in [-0.05, 0) is 31.4 Å². The fourth-order valence-electron chi connectivity index (χ4n) is 3.18. The molecule has 144 valence electrons. The second kappa shape index (κ2) is 7.22. The number of rotatable bonds is 5. The average Bonchev–Trinajstić information content (AvgIpc) is 3.13. The van der Waals surface area contributed by atoms with Crippen LogP contribution in [0.1, 0.15) is 18.5 Å². The molecule has 2 aromatic heterocycles. The summed E-state index contributed by atoms with van der Waals surface area (Å²) in [5.41, 5.74) is 2.05. The predicted molar refractivity (Wildman–Crippen MR) is 99.1 cm³/mol. The number of methoxy groups -OCH3 is 1. The molecule has 0 fully saturated rings. The minimum atomic E-state index is -0.981. The summed E-state index contributed by atoms with van der Waals surface area (Å²) in [6, 6.07) is 5.76. The highest BCUT2D eigenvalue weighted by molar-refractivity contribution is 5.67. The van der Waals surface area contributed by atoms with Gasteiger partial charge in [0.1, 0.15) is 11.4 Å². The molecule has 1 aromatic carbocycles. The van der Waals surface area contributed by atoms with Crippen molar-refractivity contribution in [3.05, 3.63) is 52.1 Å². The van der Waals surface area contributed by atoms with Crippen LogP contribution in [0.4, 0.5) is 21.7 Å². The molecular weight excluding hydrogens is 367 g/mol. The van der Waals surface area contributed by atoms with Crippen molar-refractivity contribution in [3.63, 3.8) is 0 Å². The lowest BCUT2D eigenvalue weighted by atomic mass is 10.1. The highest BCUT2D eigenvalue weighted by Gasteiger charge is 2.20. The van der Waals surface area contributed by atoms with Crippen LogP contribution < -0.4 is 10.1 Å². The van der Waals surface area contributed by atoms with Crippen LogP contribution in [0.2, 0.25) is 0 Å². The van der Waals surface area contributed by atoms with Crippen molar-refractivity contribution in [2.45, 2.75) is 25.8 Å². The third kappa shape index (κ3) is 3.36. The molecule has 9 nitrogen and oxygen atoms in total. The zero-order valence-electron chi connectivity index (χ0n) is 15.1. The van der Waals surface area contributed by atoms with Gasteiger partial charge < -0.3 is 10.1 Å². The van der Waals surface area contributed by atoms with E-state index in [0.29, 0.717) is 5.69 Å². The quantitative estimate of drug-likeness (QED) is 0.530. The molecular formula is C18H17FN6O3. The highest BCUT2D eigenvalue weighted by Crippen LogP contribution is 2.33. The fourth-order valence-corrected chi connectivity index (χ4v) is 3.18. The van der Waals surface area contributed by atoms with E-state index in [0.717, 1.165) is 43.6 Å². The number of aryl methyl sites for hydroxylation is 2. The van der Waals surface area contributed by atoms with Crippen LogP contribution in [0.25, 0.3) is 11.4 Å². The van der Waals surface area contributed by atoms with Gasteiger partial charge in [0.05, 0.1) is 23.4 Å². The van der Waals surface area contributed by atoms with Crippen LogP contribution in [-0.2, 0) is 13.0 Å². The SMILES string of the molecule is COc1cc(F)c([N+](=O)[O-])cc1Nc1nccc(-c2cc3n(n2)CCCC3)n1. The topological polar surface area (TPSA) is 108 Å². The highest BCUT2D eigenvalue weighted by atomic mass is 19.1. The van der Waals surface area contributed by atoms with Crippen LogP contribution in [0.3, 0.4) is 0 Å². The number of fused-ring (bicyclic) bond motifs is 1. The maximum absolute atomic E-state index is 13.8. The van der Waals surface area contributed by atoms with E-state index in [4.69, 9.17) is 4.74 Å². The molecule has 0 saturated carbocycles. The smallest absolute Gasteiger partial charge is 0.307 e. The van der Waals surface area contributed by atoms with Gasteiger partial charge in [-0.2, -0.15) is 9.49 Å². The van der Waals surface area contributed by atoms with Crippen LogP contribution >= 0.6 is 0 Å². The van der Waals surface area contributed by atoms with E-state index >= 15 is 0 Å². The summed E-state index contributed by atoms with van der Waals surface area (Å²) in [4.78, 5) is 18.8. The Morgan fingerprint density at radius 2 is 2.14 bits per heavy atom. The number of halogens is 1. The standard InChI is InChI=1S/C18H17FN6O3/c1-28-17-9-12(19)16(25(26)27)10-15(17)22-18-20-6-5-13(21-18)14-8-11-4-2-3-7-24(11)23-14/h5-6,8-10H,2-4,7H2,1H3,(H,20,21,22). The van der Waals surface area contributed by atoms with Gasteiger partial charge in [0.25, 0.3) is 0 Å². The number of hydrogen-bond acceptors (Lipinski definition) is 7. The molecule has 10 heteroatoms. The molecule has 0 saturated heterocycles. The number of nitrogens with zero attached hydrogens (tertiary/aromatic N) is 5. The molecule has 4 rings (SSSR count). The van der Waals surface area contributed by atoms with E-state index in [1.54, 1.807) is 12.3 Å². The molecule has 1 aliphatic rings. The van der Waals surface area contributed by atoms with Crippen molar-refractivity contribution < 1.29 is 14.1 Å². The Bertz CT molecular complexity index is 1030. The van der Waals surface area contributed by atoms with Gasteiger partial charge in [-0.25, -0.2) is 9.97 Å². The van der Waals surface area contributed by atoms with Gasteiger partial charge in [-0.3, -0.25) is 14.8 Å². The number of ether oxygens (including phenoxy) is 1. The van der Waals surface area contributed by atoms with Gasteiger partial charge in [0.15, 0.2) is 0 Å². The van der Waals surface area contributed by atoms with Crippen LogP contribution in [0, 0.1) is 15.9 Å². The molecule has 1 N–H and O–H groups in total. The number of nitro benzene ring substituents is 1. The molecule has 28 heavy (non-hydrogen) atoms. The van der Waals surface area contributed by atoms with Gasteiger partial charge >= 0.3 is 5.69 Å². The Labute approximate surface area is 159 Å². The summed E-state index contributed by atoms with van der Waals surface area (Å²) in [6.45, 7) is 0.891. The average molecular weight is 384 g/mol. The summed E-state index contributed by atoms with van der Waals surface area (Å²) in [5.74, 6) is -0.678. The molecule has 0 radical (unpaired) electrons. The molecule has 0 atom stereocenters. The molecule has 1 aliphatic heterocycles. The molecule has 0 unspecified atom stereocenters. The largest absolute Gasteiger partial charge is 0.494 e. The lowest BCUT2D eigenvalue weighted by Crippen LogP contribution is -2.10. The van der Waals surface area contributed by atoms with Crippen LogP contribution in [0.15, 0.2) is 30.5 Å². The summed E-state index contributed by atoms with van der Waals surface area (Å²) >= 11 is 0. The summed E-state index contributed by atoms with van der Waals surface area (Å²) < 4.78 is 20.9. The van der Waals surface area contributed by atoms with Crippen molar-refractivity contribution >= 4 is 17.3 Å². The number of nitro groups is 1. The second-order valence-electron chi connectivity index (χ2n) is 6.35. The van der Waals surface area contributed by atoms with E-state index < -0.39 is 16.4 Å². The first-order chi connectivity index (χ1) is 13.5. The maximum atomic E-state index is 13.8. The third-order valence-corrected chi connectivity index (χ3v) is 4.55. The van der Waals surface area contributed by atoms with E-state index in [1.807, 2.05) is 10.7 Å². The molecule has 0 amide bonds. The Kier molecular flexibility index (Phi) is 4.60. The summed E-state index contributed by atoms with van der Waals surface area (Å²) in [7, 11) is 1.35. The lowest BCUT2D eigenvalue weighted by Gasteiger charge is -2.11. The molecule has 3 aromatic rings. The number of benzene rings is 1. The van der Waals surface area contributed by atoms with Gasteiger partial charge in [0, 0.05) is 30.6 Å². The first kappa shape index (κ1) is 17.8. The van der Waals surface area contributed by atoms with E-state index in [9.17, 15) is 14.5 Å². The molecule has 0 aliphatic carbocycles. The van der Waals surface area contributed by atoms with Gasteiger partial charge in [-0.1, -0.05) is 0 Å².